The minimum Gasteiger partial charge on any atom is -0.280 e. The van der Waals surface area contributed by atoms with E-state index in [1.807, 2.05) is 6.92 Å². The maximum Gasteiger partial charge on any atom is 0.261 e. The summed E-state index contributed by atoms with van der Waals surface area (Å²) in [7, 11) is -7.66. The van der Waals surface area contributed by atoms with Gasteiger partial charge in [-0.05, 0) is 62.7 Å². The molecule has 10 heteroatoms. The quantitative estimate of drug-likeness (QED) is 0.714. The number of hydrogen-bond donors (Lipinski definition) is 1. The number of halogens is 1. The highest BCUT2D eigenvalue weighted by Crippen LogP contribution is 2.36. The molecule has 150 valence electrons. The first-order chi connectivity index (χ1) is 12.8. The van der Waals surface area contributed by atoms with E-state index in [0.29, 0.717) is 5.69 Å². The van der Waals surface area contributed by atoms with Crippen molar-refractivity contribution in [2.75, 3.05) is 14.8 Å². The van der Waals surface area contributed by atoms with Crippen molar-refractivity contribution in [2.45, 2.75) is 25.7 Å². The first-order valence-electron chi connectivity index (χ1n) is 8.30. The third kappa shape index (κ3) is 3.81. The van der Waals surface area contributed by atoms with Crippen LogP contribution in [0.4, 0.5) is 11.4 Å². The van der Waals surface area contributed by atoms with Crippen LogP contribution in [0, 0.1) is 12.3 Å². The molecule has 0 unspecified atom stereocenters. The van der Waals surface area contributed by atoms with Gasteiger partial charge in [0.05, 0.1) is 21.8 Å². The molecule has 1 aliphatic rings. The van der Waals surface area contributed by atoms with Gasteiger partial charge in [-0.3, -0.25) is 9.52 Å². The molecular weight excluding hydrogens is 468 g/mol. The smallest absolute Gasteiger partial charge is 0.261 e. The number of benzene rings is 2. The van der Waals surface area contributed by atoms with Gasteiger partial charge in [-0.15, -0.1) is 0 Å². The lowest BCUT2D eigenvalue weighted by atomic mass is 9.95. The van der Waals surface area contributed by atoms with Crippen molar-refractivity contribution >= 4 is 53.3 Å². The van der Waals surface area contributed by atoms with Gasteiger partial charge in [-0.25, -0.2) is 21.1 Å². The third-order valence-electron chi connectivity index (χ3n) is 4.39. The van der Waals surface area contributed by atoms with Crippen LogP contribution in [0.3, 0.4) is 0 Å². The zero-order valence-electron chi connectivity index (χ0n) is 15.4. The maximum absolute atomic E-state index is 12.6. The van der Waals surface area contributed by atoms with Gasteiger partial charge in [-0.2, -0.15) is 0 Å². The van der Waals surface area contributed by atoms with Crippen LogP contribution in [0.2, 0.25) is 0 Å². The van der Waals surface area contributed by atoms with Crippen molar-refractivity contribution in [3.8, 4) is 0 Å². The first-order valence-corrected chi connectivity index (χ1v) is 12.2. The van der Waals surface area contributed by atoms with Crippen LogP contribution >= 0.6 is 15.9 Å². The molecule has 28 heavy (non-hydrogen) atoms. The van der Waals surface area contributed by atoms with E-state index in [4.69, 9.17) is 0 Å². The van der Waals surface area contributed by atoms with Crippen LogP contribution in [-0.4, -0.2) is 28.5 Å². The Labute approximate surface area is 173 Å². The number of amides is 1. The van der Waals surface area contributed by atoms with Gasteiger partial charge in [0.15, 0.2) is 0 Å². The molecule has 0 radical (unpaired) electrons. The second-order valence-corrected chi connectivity index (χ2v) is 11.6. The van der Waals surface area contributed by atoms with E-state index in [9.17, 15) is 21.6 Å². The largest absolute Gasteiger partial charge is 0.280 e. The summed E-state index contributed by atoms with van der Waals surface area (Å²) in [4.78, 5) is 12.4. The Bertz CT molecular complexity index is 1160. The number of carbonyl (C=O) groups is 1. The van der Waals surface area contributed by atoms with Crippen molar-refractivity contribution in [3.05, 3.63) is 52.5 Å². The van der Waals surface area contributed by atoms with Gasteiger partial charge < -0.3 is 0 Å². The number of anilines is 2. The first kappa shape index (κ1) is 20.8. The molecule has 1 saturated heterocycles. The van der Waals surface area contributed by atoms with E-state index < -0.39 is 31.4 Å². The molecule has 0 saturated carbocycles. The summed E-state index contributed by atoms with van der Waals surface area (Å²) in [6.45, 7) is 5.01. The molecule has 0 aromatic heterocycles. The highest BCUT2D eigenvalue weighted by Gasteiger charge is 2.49. The minimum atomic E-state index is -3.87. The Kier molecular flexibility index (Phi) is 5.10. The number of nitrogens with zero attached hydrogens (tertiary/aromatic N) is 1. The van der Waals surface area contributed by atoms with E-state index in [1.165, 1.54) is 24.3 Å². The predicted octanol–water partition coefficient (Wildman–Crippen LogP) is 3.26. The highest BCUT2D eigenvalue weighted by atomic mass is 79.9. The molecule has 0 bridgehead atoms. The van der Waals surface area contributed by atoms with Crippen LogP contribution in [0.5, 0.6) is 0 Å². The Morgan fingerprint density at radius 1 is 1.11 bits per heavy atom. The average molecular weight is 487 g/mol. The summed E-state index contributed by atoms with van der Waals surface area (Å²) in [6, 6.07) is 10.2. The summed E-state index contributed by atoms with van der Waals surface area (Å²) in [5.41, 5.74) is 0.448. The van der Waals surface area contributed by atoms with Crippen molar-refractivity contribution in [1.82, 2.24) is 0 Å². The molecule has 2 aromatic rings. The lowest BCUT2D eigenvalue weighted by Gasteiger charge is -2.18. The van der Waals surface area contributed by atoms with Crippen LogP contribution < -0.4 is 9.03 Å². The Morgan fingerprint density at radius 3 is 2.21 bits per heavy atom. The Morgan fingerprint density at radius 2 is 1.71 bits per heavy atom. The molecule has 0 spiro atoms. The predicted molar refractivity (Wildman–Crippen MR) is 111 cm³/mol. The minimum absolute atomic E-state index is 0.0451. The number of rotatable bonds is 4. The number of aryl methyl sites for hydroxylation is 1. The molecular formula is C18H19BrN2O5S2. The topological polar surface area (TPSA) is 101 Å². The summed E-state index contributed by atoms with van der Waals surface area (Å²) in [5.74, 6) is -0.825. The fourth-order valence-electron chi connectivity index (χ4n) is 2.89. The summed E-state index contributed by atoms with van der Waals surface area (Å²) in [5, 5.41) is 0. The van der Waals surface area contributed by atoms with Crippen molar-refractivity contribution in [3.63, 3.8) is 0 Å². The van der Waals surface area contributed by atoms with Crippen molar-refractivity contribution < 1.29 is 21.6 Å². The molecule has 1 amide bonds. The highest BCUT2D eigenvalue weighted by molar-refractivity contribution is 9.10. The Hall–Kier alpha value is -1.91. The number of carbonyl (C=O) groups excluding carboxylic acids is 1. The van der Waals surface area contributed by atoms with E-state index in [0.717, 1.165) is 14.3 Å². The monoisotopic (exact) mass is 486 g/mol. The van der Waals surface area contributed by atoms with Crippen LogP contribution in [0.15, 0.2) is 51.8 Å². The van der Waals surface area contributed by atoms with Gasteiger partial charge in [-0.1, -0.05) is 22.0 Å². The number of nitrogens with one attached hydrogen (secondary N) is 1. The van der Waals surface area contributed by atoms with E-state index in [-0.39, 0.29) is 16.3 Å². The zero-order valence-corrected chi connectivity index (χ0v) is 18.7. The van der Waals surface area contributed by atoms with Crippen molar-refractivity contribution in [2.24, 2.45) is 5.41 Å². The maximum atomic E-state index is 12.6. The van der Waals surface area contributed by atoms with Gasteiger partial charge in [0.2, 0.25) is 15.9 Å². The molecule has 2 aromatic carbocycles. The zero-order chi connectivity index (χ0) is 20.9. The summed E-state index contributed by atoms with van der Waals surface area (Å²) in [6.07, 6.45) is 0. The second-order valence-electron chi connectivity index (χ2n) is 7.27. The fraction of sp³-hybridized carbons (Fsp3) is 0.278. The van der Waals surface area contributed by atoms with E-state index in [1.54, 1.807) is 32.0 Å². The van der Waals surface area contributed by atoms with Crippen LogP contribution in [0.1, 0.15) is 19.4 Å². The number of hydrogen-bond acceptors (Lipinski definition) is 5. The van der Waals surface area contributed by atoms with E-state index >= 15 is 0 Å². The molecule has 0 aliphatic carbocycles. The van der Waals surface area contributed by atoms with Gasteiger partial charge in [0.1, 0.15) is 0 Å². The van der Waals surface area contributed by atoms with E-state index in [2.05, 4.69) is 20.7 Å². The van der Waals surface area contributed by atoms with Crippen LogP contribution in [0.25, 0.3) is 0 Å². The molecule has 0 atom stereocenters. The molecule has 3 rings (SSSR count). The number of sulfonamides is 2. The standard InChI is InChI=1S/C18H19BrN2O5S2/c1-12-4-5-13(10-16(12)19)20-28(25,26)15-8-6-14(7-9-15)21-17(22)18(2,3)11-27(21,23)24/h4-10,20H,11H2,1-3H3. The summed E-state index contributed by atoms with van der Waals surface area (Å²) < 4.78 is 53.9. The molecule has 1 heterocycles. The molecule has 1 N–H and O–H groups in total. The third-order valence-corrected chi connectivity index (χ3v) is 8.66. The lowest BCUT2D eigenvalue weighted by molar-refractivity contribution is -0.123. The average Bonchev–Trinajstić information content (AvgIpc) is 2.74. The van der Waals surface area contributed by atoms with Crippen LogP contribution in [-0.2, 0) is 24.8 Å². The SMILES string of the molecule is Cc1ccc(NS(=O)(=O)c2ccc(N3C(=O)C(C)(C)CS3(=O)=O)cc2)cc1Br. The Balaban J connectivity index is 1.90. The fourth-order valence-corrected chi connectivity index (χ4v) is 6.43. The molecule has 7 nitrogen and oxygen atoms in total. The van der Waals surface area contributed by atoms with Crippen molar-refractivity contribution in [1.29, 1.82) is 0 Å². The lowest BCUT2D eigenvalue weighted by Crippen LogP contribution is -2.32. The van der Waals surface area contributed by atoms with Gasteiger partial charge in [0.25, 0.3) is 10.0 Å². The molecule has 1 aliphatic heterocycles. The van der Waals surface area contributed by atoms with Gasteiger partial charge in [0, 0.05) is 10.2 Å². The second kappa shape index (κ2) is 6.85. The summed E-state index contributed by atoms with van der Waals surface area (Å²) >= 11 is 3.35. The normalized spacial score (nSPS) is 18.3. The van der Waals surface area contributed by atoms with Gasteiger partial charge >= 0.3 is 0 Å². The molecule has 1 fully saturated rings.